The smallest absolute Gasteiger partial charge is 0.172 e. The van der Waals surface area contributed by atoms with Crippen molar-refractivity contribution in [2.45, 2.75) is 18.8 Å². The van der Waals surface area contributed by atoms with Gasteiger partial charge in [0, 0.05) is 61.8 Å². The summed E-state index contributed by atoms with van der Waals surface area (Å²) in [5.74, 6) is 3.49. The Labute approximate surface area is 200 Å². The number of aromatic nitrogens is 6. The van der Waals surface area contributed by atoms with E-state index in [4.69, 9.17) is 14.5 Å². The van der Waals surface area contributed by atoms with Gasteiger partial charge >= 0.3 is 0 Å². The molecule has 35 heavy (non-hydrogen) atoms. The van der Waals surface area contributed by atoms with E-state index >= 15 is 0 Å². The molecule has 1 saturated carbocycles. The van der Waals surface area contributed by atoms with Gasteiger partial charge in [-0.1, -0.05) is 5.16 Å². The summed E-state index contributed by atoms with van der Waals surface area (Å²) in [7, 11) is 0. The number of fused-ring (bicyclic) bond motifs is 2. The van der Waals surface area contributed by atoms with Gasteiger partial charge in [0.05, 0.1) is 23.3 Å². The van der Waals surface area contributed by atoms with Crippen LogP contribution >= 0.6 is 0 Å². The van der Waals surface area contributed by atoms with Crippen LogP contribution in [0.4, 0.5) is 17.5 Å². The number of nitrogens with zero attached hydrogens (tertiary/aromatic N) is 7. The number of piperazine rings is 1. The number of hydrogen-bond donors (Lipinski definition) is 2. The van der Waals surface area contributed by atoms with Crippen molar-refractivity contribution in [1.82, 2.24) is 35.4 Å². The minimum atomic E-state index is 0.562. The minimum absolute atomic E-state index is 0.562. The monoisotopic (exact) mass is 465 g/mol. The summed E-state index contributed by atoms with van der Waals surface area (Å²) in [6, 6.07) is 5.65. The lowest BCUT2D eigenvalue weighted by atomic mass is 10.1. The molecule has 2 fully saturated rings. The van der Waals surface area contributed by atoms with E-state index in [1.54, 1.807) is 24.7 Å². The molecular weight excluding hydrogens is 442 g/mol. The Hall–Kier alpha value is -4.18. The molecule has 0 spiro atoms. The zero-order chi connectivity index (χ0) is 23.2. The average Bonchev–Trinajstić information content (AvgIpc) is 3.64. The predicted octanol–water partition coefficient (Wildman–Crippen LogP) is 3.65. The van der Waals surface area contributed by atoms with Gasteiger partial charge in [-0.05, 0) is 36.5 Å². The third kappa shape index (κ3) is 3.71. The molecule has 2 N–H and O–H groups in total. The Kier molecular flexibility index (Phi) is 4.76. The molecule has 0 atom stereocenters. The predicted molar refractivity (Wildman–Crippen MR) is 133 cm³/mol. The first-order valence-corrected chi connectivity index (χ1v) is 11.9. The number of pyridine rings is 3. The molecule has 0 amide bonds. The van der Waals surface area contributed by atoms with Gasteiger partial charge in [0.25, 0.3) is 0 Å². The van der Waals surface area contributed by atoms with E-state index in [1.807, 2.05) is 24.5 Å². The summed E-state index contributed by atoms with van der Waals surface area (Å²) in [6.07, 6.45) is 11.3. The van der Waals surface area contributed by atoms with E-state index < -0.39 is 0 Å². The number of rotatable bonds is 5. The molecule has 6 heterocycles. The van der Waals surface area contributed by atoms with Crippen LogP contribution in [-0.2, 0) is 0 Å². The van der Waals surface area contributed by atoms with Crippen molar-refractivity contribution < 1.29 is 4.52 Å². The second-order valence-corrected chi connectivity index (χ2v) is 8.96. The summed E-state index contributed by atoms with van der Waals surface area (Å²) in [4.78, 5) is 25.9. The molecule has 7 rings (SSSR count). The number of nitrogens with one attached hydrogen (secondary N) is 2. The fraction of sp³-hybridized carbons (Fsp3) is 0.280. The molecule has 0 aromatic carbocycles. The number of anilines is 3. The first-order valence-electron chi connectivity index (χ1n) is 11.9. The van der Waals surface area contributed by atoms with Gasteiger partial charge in [0.15, 0.2) is 11.4 Å². The van der Waals surface area contributed by atoms with Gasteiger partial charge in [-0.3, -0.25) is 4.98 Å². The highest BCUT2D eigenvalue weighted by Gasteiger charge is 2.29. The molecular formula is C25H23N9O. The SMILES string of the molecule is c1cc(-c2nc(N3CCNCC3)c3c(C4CC4)cncc3n2)cc(Nc2nccc3oncc23)n1. The van der Waals surface area contributed by atoms with Crippen LogP contribution < -0.4 is 15.5 Å². The van der Waals surface area contributed by atoms with E-state index in [1.165, 1.54) is 18.4 Å². The quantitative estimate of drug-likeness (QED) is 0.398. The lowest BCUT2D eigenvalue weighted by Gasteiger charge is -2.30. The van der Waals surface area contributed by atoms with Crippen molar-refractivity contribution in [3.05, 3.63) is 54.7 Å². The molecule has 5 aromatic heterocycles. The minimum Gasteiger partial charge on any atom is -0.356 e. The Balaban J connectivity index is 1.32. The molecule has 10 nitrogen and oxygen atoms in total. The molecule has 1 aliphatic carbocycles. The standard InChI is InChI=1S/C25H23N9O/c1-2-15(1)17-12-27-14-19-22(17)25(34-9-7-26-8-10-34)33-23(31-19)16-3-5-28-21(11-16)32-24-18-13-30-35-20(18)4-6-29-24/h3-6,11-15,26H,1-2,7-10H2,(H,28,29,32). The van der Waals surface area contributed by atoms with E-state index in [0.717, 1.165) is 53.8 Å². The molecule has 5 aromatic rings. The van der Waals surface area contributed by atoms with Crippen LogP contribution in [0.25, 0.3) is 33.3 Å². The second-order valence-electron chi connectivity index (χ2n) is 8.96. The molecule has 174 valence electrons. The molecule has 1 aliphatic heterocycles. The fourth-order valence-corrected chi connectivity index (χ4v) is 4.68. The van der Waals surface area contributed by atoms with Crippen molar-refractivity contribution in [3.63, 3.8) is 0 Å². The zero-order valence-electron chi connectivity index (χ0n) is 19.0. The van der Waals surface area contributed by atoms with Gasteiger partial charge in [-0.25, -0.2) is 19.9 Å². The third-order valence-electron chi connectivity index (χ3n) is 6.60. The summed E-state index contributed by atoms with van der Waals surface area (Å²) >= 11 is 0. The van der Waals surface area contributed by atoms with E-state index in [-0.39, 0.29) is 0 Å². The number of hydrogen-bond acceptors (Lipinski definition) is 10. The Morgan fingerprint density at radius 2 is 1.89 bits per heavy atom. The van der Waals surface area contributed by atoms with Crippen molar-refractivity contribution >= 4 is 39.3 Å². The first-order chi connectivity index (χ1) is 17.3. The molecule has 0 bridgehead atoms. The first kappa shape index (κ1) is 20.2. The Morgan fingerprint density at radius 3 is 2.77 bits per heavy atom. The molecule has 2 aliphatic rings. The van der Waals surface area contributed by atoms with Crippen LogP contribution in [0.15, 0.2) is 53.7 Å². The molecule has 1 saturated heterocycles. The highest BCUT2D eigenvalue weighted by atomic mass is 16.5. The highest BCUT2D eigenvalue weighted by molar-refractivity contribution is 5.94. The van der Waals surface area contributed by atoms with Gasteiger partial charge in [-0.15, -0.1) is 0 Å². The normalized spacial score (nSPS) is 16.2. The summed E-state index contributed by atoms with van der Waals surface area (Å²) in [5, 5.41) is 12.5. The van der Waals surface area contributed by atoms with Gasteiger partial charge in [0.1, 0.15) is 17.5 Å². The lowest BCUT2D eigenvalue weighted by molar-refractivity contribution is 0.456. The van der Waals surface area contributed by atoms with Gasteiger partial charge in [-0.2, -0.15) is 0 Å². The van der Waals surface area contributed by atoms with E-state index in [2.05, 4.69) is 35.6 Å². The van der Waals surface area contributed by atoms with Crippen LogP contribution in [-0.4, -0.2) is 56.3 Å². The van der Waals surface area contributed by atoms with Crippen LogP contribution in [0.5, 0.6) is 0 Å². The van der Waals surface area contributed by atoms with E-state index in [9.17, 15) is 0 Å². The van der Waals surface area contributed by atoms with E-state index in [0.29, 0.717) is 29.0 Å². The third-order valence-corrected chi connectivity index (χ3v) is 6.60. The molecule has 0 unspecified atom stereocenters. The molecule has 10 heteroatoms. The van der Waals surface area contributed by atoms with Crippen molar-refractivity contribution in [3.8, 4) is 11.4 Å². The Morgan fingerprint density at radius 1 is 1.00 bits per heavy atom. The van der Waals surface area contributed by atoms with Gasteiger partial charge < -0.3 is 20.1 Å². The van der Waals surface area contributed by atoms with Crippen molar-refractivity contribution in [2.24, 2.45) is 0 Å². The largest absolute Gasteiger partial charge is 0.356 e. The Bertz CT molecular complexity index is 1540. The summed E-state index contributed by atoms with van der Waals surface area (Å²) < 4.78 is 5.25. The lowest BCUT2D eigenvalue weighted by Crippen LogP contribution is -2.44. The summed E-state index contributed by atoms with van der Waals surface area (Å²) in [6.45, 7) is 3.70. The maximum atomic E-state index is 5.25. The highest BCUT2D eigenvalue weighted by Crippen LogP contribution is 2.44. The van der Waals surface area contributed by atoms with Crippen molar-refractivity contribution in [1.29, 1.82) is 0 Å². The zero-order valence-corrected chi connectivity index (χ0v) is 19.0. The maximum absolute atomic E-state index is 5.25. The van der Waals surface area contributed by atoms with Crippen LogP contribution in [0, 0.1) is 0 Å². The fourth-order valence-electron chi connectivity index (χ4n) is 4.68. The van der Waals surface area contributed by atoms with Crippen LogP contribution in [0.2, 0.25) is 0 Å². The topological polar surface area (TPSA) is 118 Å². The van der Waals surface area contributed by atoms with Crippen LogP contribution in [0.3, 0.4) is 0 Å². The average molecular weight is 466 g/mol. The van der Waals surface area contributed by atoms with Crippen molar-refractivity contribution in [2.75, 3.05) is 36.4 Å². The summed E-state index contributed by atoms with van der Waals surface area (Å²) in [5.41, 5.74) is 3.69. The van der Waals surface area contributed by atoms with Gasteiger partial charge in [0.2, 0.25) is 0 Å². The second kappa shape index (κ2) is 8.24. The maximum Gasteiger partial charge on any atom is 0.172 e. The molecule has 0 radical (unpaired) electrons. The van der Waals surface area contributed by atoms with Crippen LogP contribution in [0.1, 0.15) is 24.3 Å².